The molecule has 17 rings (SSSR count). The van der Waals surface area contributed by atoms with Gasteiger partial charge in [0.05, 0.1) is 5.69 Å². The SMILES string of the molecule is CC(C)(C)c1ccc(N2c3cc(N(c4cccc(-c5ccccc5)c4)c4ccc5oc6ccccc6c5c4)ccc3B3c4cc5c(cc4N(c4ccc(C(C)(C)C)cc4)c4cc(N(c6ccccc6)c6ccc(-c7ccccc7)cc6)cc2c43)sc2ccccc25)cc1. The van der Waals surface area contributed by atoms with E-state index in [1.165, 1.54) is 64.5 Å². The predicted octanol–water partition coefficient (Wildman–Crippen LogP) is 22.9. The maximum Gasteiger partial charge on any atom is 0.252 e. The number of nitrogens with zero attached hydrogens (tertiary/aromatic N) is 4. The van der Waals surface area contributed by atoms with E-state index in [4.69, 9.17) is 4.42 Å². The van der Waals surface area contributed by atoms with Crippen LogP contribution in [-0.4, -0.2) is 6.71 Å². The molecule has 0 saturated carbocycles. The Morgan fingerprint density at radius 2 is 0.785 bits per heavy atom. The van der Waals surface area contributed by atoms with Crippen LogP contribution < -0.4 is 36.0 Å². The maximum absolute atomic E-state index is 6.52. The minimum Gasteiger partial charge on any atom is -0.456 e. The quantitative estimate of drug-likeness (QED) is 0.127. The zero-order valence-corrected chi connectivity index (χ0v) is 53.8. The third-order valence-corrected chi connectivity index (χ3v) is 20.2. The van der Waals surface area contributed by atoms with Crippen LogP contribution in [0.15, 0.2) is 302 Å². The lowest BCUT2D eigenvalue weighted by Crippen LogP contribution is -2.61. The summed E-state index contributed by atoms with van der Waals surface area (Å²) in [4.78, 5) is 10.1. The van der Waals surface area contributed by atoms with Crippen molar-refractivity contribution in [1.29, 1.82) is 0 Å². The van der Waals surface area contributed by atoms with E-state index in [1.807, 2.05) is 17.4 Å². The monoisotopic (exact) mass is 1210 g/mol. The molecule has 4 heterocycles. The molecule has 15 aromatic rings. The van der Waals surface area contributed by atoms with Crippen LogP contribution in [0.1, 0.15) is 52.7 Å². The van der Waals surface area contributed by atoms with E-state index in [1.54, 1.807) is 0 Å². The average molecular weight is 1220 g/mol. The zero-order valence-electron chi connectivity index (χ0n) is 53.0. The lowest BCUT2D eigenvalue weighted by Gasteiger charge is -2.45. The van der Waals surface area contributed by atoms with Crippen molar-refractivity contribution in [2.75, 3.05) is 19.6 Å². The summed E-state index contributed by atoms with van der Waals surface area (Å²) in [5, 5.41) is 4.71. The van der Waals surface area contributed by atoms with Gasteiger partial charge in [0.2, 0.25) is 0 Å². The lowest BCUT2D eigenvalue weighted by molar-refractivity contribution is 0.590. The number of anilines is 12. The summed E-state index contributed by atoms with van der Waals surface area (Å²) in [5.74, 6) is 0. The first-order valence-corrected chi connectivity index (χ1v) is 33.1. The normalized spacial score (nSPS) is 12.8. The summed E-state index contributed by atoms with van der Waals surface area (Å²) >= 11 is 1.88. The number of hydrogen-bond acceptors (Lipinski definition) is 6. The molecule has 2 aromatic heterocycles. The Bertz CT molecular complexity index is 5360. The van der Waals surface area contributed by atoms with Gasteiger partial charge in [0, 0.05) is 88.1 Å². The molecule has 7 heteroatoms. The number of rotatable bonds is 10. The molecule has 2 aliphatic rings. The minimum absolute atomic E-state index is 0.0374. The highest BCUT2D eigenvalue weighted by atomic mass is 32.1. The first-order valence-electron chi connectivity index (χ1n) is 32.3. The fourth-order valence-corrected chi connectivity index (χ4v) is 15.6. The topological polar surface area (TPSA) is 26.1 Å². The van der Waals surface area contributed by atoms with E-state index < -0.39 is 0 Å². The molecule has 13 aromatic carbocycles. The van der Waals surface area contributed by atoms with Gasteiger partial charge in [-0.3, -0.25) is 0 Å². The Kier molecular flexibility index (Phi) is 13.2. The van der Waals surface area contributed by atoms with Crippen molar-refractivity contribution >= 4 is 145 Å². The molecule has 93 heavy (non-hydrogen) atoms. The van der Waals surface area contributed by atoms with Crippen molar-refractivity contribution in [1.82, 2.24) is 0 Å². The fourth-order valence-electron chi connectivity index (χ4n) is 14.4. The van der Waals surface area contributed by atoms with Crippen LogP contribution in [0.5, 0.6) is 0 Å². The molecule has 0 bridgehead atoms. The van der Waals surface area contributed by atoms with Crippen molar-refractivity contribution in [3.05, 3.63) is 308 Å². The van der Waals surface area contributed by atoms with Crippen LogP contribution in [0.3, 0.4) is 0 Å². The van der Waals surface area contributed by atoms with Crippen LogP contribution in [0, 0.1) is 0 Å². The molecular weight excluding hydrogens is 1150 g/mol. The third-order valence-electron chi connectivity index (χ3n) is 19.1. The number of fused-ring (bicyclic) bond motifs is 10. The molecule has 0 saturated heterocycles. The Morgan fingerprint density at radius 1 is 0.312 bits per heavy atom. The number of benzene rings is 13. The van der Waals surface area contributed by atoms with Gasteiger partial charge in [-0.15, -0.1) is 11.3 Å². The highest BCUT2D eigenvalue weighted by molar-refractivity contribution is 7.26. The summed E-state index contributed by atoms with van der Waals surface area (Å²) in [6.07, 6.45) is 0. The predicted molar refractivity (Wildman–Crippen MR) is 398 cm³/mol. The number of hydrogen-bond donors (Lipinski definition) is 0. The van der Waals surface area contributed by atoms with Gasteiger partial charge in [-0.05, 0) is 187 Å². The molecule has 0 unspecified atom stereocenters. The molecule has 0 spiro atoms. The van der Waals surface area contributed by atoms with Gasteiger partial charge >= 0.3 is 0 Å². The van der Waals surface area contributed by atoms with Crippen LogP contribution >= 0.6 is 11.3 Å². The molecule has 446 valence electrons. The molecule has 0 aliphatic carbocycles. The first-order chi connectivity index (χ1) is 45.4. The van der Waals surface area contributed by atoms with E-state index in [2.05, 4.69) is 352 Å². The largest absolute Gasteiger partial charge is 0.456 e. The van der Waals surface area contributed by atoms with Gasteiger partial charge in [0.25, 0.3) is 6.71 Å². The smallest absolute Gasteiger partial charge is 0.252 e. The summed E-state index contributed by atoms with van der Waals surface area (Å²) in [7, 11) is 0. The van der Waals surface area contributed by atoms with Crippen LogP contribution in [0.4, 0.5) is 68.2 Å². The Morgan fingerprint density at radius 3 is 1.44 bits per heavy atom. The number of thiophene rings is 1. The third kappa shape index (κ3) is 9.68. The number of para-hydroxylation sites is 2. The van der Waals surface area contributed by atoms with E-state index >= 15 is 0 Å². The second-order valence-electron chi connectivity index (χ2n) is 27.0. The van der Waals surface area contributed by atoms with Gasteiger partial charge in [-0.1, -0.05) is 217 Å². The summed E-state index contributed by atoms with van der Waals surface area (Å²) < 4.78 is 9.06. The summed E-state index contributed by atoms with van der Waals surface area (Å²) in [6, 6.07) is 111. The van der Waals surface area contributed by atoms with Crippen molar-refractivity contribution in [3.8, 4) is 22.3 Å². The highest BCUT2D eigenvalue weighted by Gasteiger charge is 2.45. The molecule has 0 amide bonds. The fraction of sp³-hybridized carbons (Fsp3) is 0.0930. The summed E-state index contributed by atoms with van der Waals surface area (Å²) in [5.41, 5.74) is 25.6. The Labute approximate surface area is 548 Å². The highest BCUT2D eigenvalue weighted by Crippen LogP contribution is 2.52. The van der Waals surface area contributed by atoms with E-state index in [0.717, 1.165) is 95.6 Å². The van der Waals surface area contributed by atoms with Crippen molar-refractivity contribution in [2.45, 2.75) is 52.4 Å². The second kappa shape index (κ2) is 21.9. The minimum atomic E-state index is -0.180. The molecule has 0 fully saturated rings. The van der Waals surface area contributed by atoms with Crippen molar-refractivity contribution in [2.24, 2.45) is 0 Å². The molecule has 0 radical (unpaired) electrons. The van der Waals surface area contributed by atoms with Gasteiger partial charge in [0.15, 0.2) is 0 Å². The Balaban J connectivity index is 0.972. The first kappa shape index (κ1) is 56.2. The van der Waals surface area contributed by atoms with Gasteiger partial charge < -0.3 is 24.0 Å². The maximum atomic E-state index is 6.52. The lowest BCUT2D eigenvalue weighted by atomic mass is 9.33. The molecule has 0 N–H and O–H groups in total. The van der Waals surface area contributed by atoms with Gasteiger partial charge in [-0.25, -0.2) is 0 Å². The van der Waals surface area contributed by atoms with Crippen LogP contribution in [0.2, 0.25) is 0 Å². The number of furan rings is 1. The van der Waals surface area contributed by atoms with Gasteiger partial charge in [0.1, 0.15) is 11.2 Å². The Hall–Kier alpha value is -10.9. The van der Waals surface area contributed by atoms with Crippen molar-refractivity contribution in [3.63, 3.8) is 0 Å². The summed E-state index contributed by atoms with van der Waals surface area (Å²) in [6.45, 7) is 13.6. The molecule has 5 nitrogen and oxygen atoms in total. The van der Waals surface area contributed by atoms with Crippen molar-refractivity contribution < 1.29 is 4.42 Å². The molecule has 0 atom stereocenters. The second-order valence-corrected chi connectivity index (χ2v) is 28.0. The zero-order chi connectivity index (χ0) is 62.7. The van der Waals surface area contributed by atoms with E-state index in [9.17, 15) is 0 Å². The van der Waals surface area contributed by atoms with E-state index in [-0.39, 0.29) is 17.5 Å². The average Bonchev–Trinajstić information content (AvgIpc) is 1.60. The molecular formula is C86H67BN4OS. The van der Waals surface area contributed by atoms with E-state index in [0.29, 0.717) is 0 Å². The standard InChI is InChI=1S/C86H67BN4OS/c1-85(2,3)60-35-41-64(42-36-60)90-76-51-68(89(66-28-20-25-59(49-66)57-23-12-8-13-24-57)67-46-48-81-72(50-67)70-29-16-18-31-80(70)92-81)45-47-74(76)87-75-54-73-71-30-17-19-32-82(71)93-83(73)55-77(75)91(65-43-37-61(38-44-65)86(4,5)6)79-53-69(52-78(90)84(79)87)88(62-26-14-9-15-27-62)63-39-33-58(34-40-63)56-21-10-7-11-22-56/h7-55H,1-6H3. The van der Waals surface area contributed by atoms with Crippen LogP contribution in [-0.2, 0) is 10.8 Å². The van der Waals surface area contributed by atoms with Gasteiger partial charge in [-0.2, -0.15) is 0 Å². The van der Waals surface area contributed by atoms with Crippen LogP contribution in [0.25, 0.3) is 64.4 Å². The molecule has 2 aliphatic heterocycles.